The molecule has 0 saturated carbocycles. The molecule has 1 saturated heterocycles. The van der Waals surface area contributed by atoms with Crippen molar-refractivity contribution in [2.75, 3.05) is 36.0 Å². The number of aromatic nitrogens is 1. The van der Waals surface area contributed by atoms with Gasteiger partial charge in [-0.15, -0.1) is 0 Å². The number of aliphatic hydroxyl groups excluding tert-OH is 2. The first kappa shape index (κ1) is 96.8. The van der Waals surface area contributed by atoms with E-state index in [1.807, 2.05) is 42.5 Å². The van der Waals surface area contributed by atoms with Crippen LogP contribution in [0.5, 0.6) is 5.75 Å². The van der Waals surface area contributed by atoms with Crippen molar-refractivity contribution in [2.24, 2.45) is 5.73 Å². The number of carboxylic acid groups (broad SMARTS) is 2. The van der Waals surface area contributed by atoms with Crippen LogP contribution in [0.2, 0.25) is 0 Å². The van der Waals surface area contributed by atoms with Gasteiger partial charge < -0.3 is 101 Å². The van der Waals surface area contributed by atoms with Crippen LogP contribution in [0, 0.1) is 0 Å². The monoisotopic (exact) mass is 1820 g/mol. The standard InChI is InChI=1S/C96H114N12O15S2.BrH/c1-59(109)85-93(121)104-76(92(120)106-86(60(2)110)94(122)123)58-125-124-57-75(91(119)101-73(54-62-42-46-66(111)47-43-62)89(117)102-74(55-65-56-98-70-36-24-23-33-67(65)70)90(118)100-71(87(115)105-85)37-25-26-50-97)103-88(116)72(53-61-29-13-10-14-30-61)99-81(112)40-17-11-27-51-107-77-48-44-63-31-19-21-34-68(63)83(77)95(3,4)79(107)38-15-8-7-9-16-39-80-96(5,6)84-69-35-22-20-32-64(69)45-49-78(84)108(80)52-28-12-18-41-82(113)114;/h7-10,13-16,19-24,29-36,38-39,42-49,56,59-60,71-76,85-86,98,109-110H,11-12,17-18,25-28,37,40-41,50-55,57-58,97H2,1-6H3,(H10-,99,100,101,102,103,104,105,106,111,112,113,114,115,116,117,118,119,120,121,122,123);1H/t59-,60-,71+,72-,73+,74-,75+,76+,85+,86+;/m1./s1. The summed E-state index contributed by atoms with van der Waals surface area (Å²) in [6, 6.07) is 34.8. The van der Waals surface area contributed by atoms with E-state index in [0.717, 1.165) is 75.8 Å². The summed E-state index contributed by atoms with van der Waals surface area (Å²) in [5.41, 5.74) is 14.5. The number of hydrogen-bond acceptors (Lipinski definition) is 17. The minimum atomic E-state index is -1.88. The lowest BCUT2D eigenvalue weighted by Crippen LogP contribution is -3.00. The van der Waals surface area contributed by atoms with Crippen LogP contribution in [0.25, 0.3) is 32.4 Å². The summed E-state index contributed by atoms with van der Waals surface area (Å²) in [5.74, 6) is -10.3. The summed E-state index contributed by atoms with van der Waals surface area (Å²) in [4.78, 5) is 148. The van der Waals surface area contributed by atoms with Crippen LogP contribution in [0.3, 0.4) is 0 Å². The van der Waals surface area contributed by atoms with Gasteiger partial charge in [-0.1, -0.05) is 187 Å². The number of rotatable bonds is 34. The molecule has 16 N–H and O–H groups in total. The number of benzene rings is 7. The van der Waals surface area contributed by atoms with Gasteiger partial charge in [-0.3, -0.25) is 43.2 Å². The number of halogens is 1. The molecule has 1 fully saturated rings. The Bertz CT molecular complexity index is 5380. The number of carbonyl (C=O) groups excluding carboxylic acids is 8. The molecule has 0 unspecified atom stereocenters. The highest BCUT2D eigenvalue weighted by Crippen LogP contribution is 2.51. The number of amides is 8. The van der Waals surface area contributed by atoms with Crippen LogP contribution in [-0.4, -0.2) is 192 Å². The number of H-pyrrole nitrogens is 1. The van der Waals surface area contributed by atoms with Crippen LogP contribution >= 0.6 is 21.6 Å². The van der Waals surface area contributed by atoms with Gasteiger partial charge in [-0.25, -0.2) is 4.79 Å². The highest BCUT2D eigenvalue weighted by Gasteiger charge is 2.46. The zero-order valence-corrected chi connectivity index (χ0v) is 75.0. The number of aliphatic carboxylic acids is 2. The molecule has 7 aromatic carbocycles. The van der Waals surface area contributed by atoms with Crippen molar-refractivity contribution in [2.45, 2.75) is 203 Å². The van der Waals surface area contributed by atoms with Gasteiger partial charge in [-0.2, -0.15) is 4.58 Å². The van der Waals surface area contributed by atoms with Gasteiger partial charge in [0.05, 0.1) is 17.6 Å². The summed E-state index contributed by atoms with van der Waals surface area (Å²) in [5, 5.41) is 78.3. The molecule has 1 aromatic heterocycles. The Morgan fingerprint density at radius 2 is 1.21 bits per heavy atom. The maximum absolute atomic E-state index is 15.4. The molecular weight excluding hydrogens is 1710 g/mol. The van der Waals surface area contributed by atoms with E-state index >= 15 is 19.2 Å². The molecule has 3 aliphatic heterocycles. The topological polar surface area (TPSA) is 416 Å². The first-order valence-corrected chi connectivity index (χ1v) is 45.2. The lowest BCUT2D eigenvalue weighted by atomic mass is 9.79. The second-order valence-electron chi connectivity index (χ2n) is 33.2. The second-order valence-corrected chi connectivity index (χ2v) is 35.7. The van der Waals surface area contributed by atoms with E-state index in [4.69, 9.17) is 5.73 Å². The highest BCUT2D eigenvalue weighted by atomic mass is 79.9. The highest BCUT2D eigenvalue weighted by molar-refractivity contribution is 8.76. The van der Waals surface area contributed by atoms with Gasteiger partial charge in [0, 0.05) is 108 Å². The average molecular weight is 1820 g/mol. The quantitative estimate of drug-likeness (QED) is 0.00828. The number of carboxylic acids is 2. The van der Waals surface area contributed by atoms with Crippen LogP contribution < -0.4 is 70.1 Å². The number of carbonyl (C=O) groups is 10. The number of aliphatic hydroxyl groups is 2. The number of phenols is 1. The number of aromatic hydroxyl groups is 1. The minimum Gasteiger partial charge on any atom is -1.00 e. The average Bonchev–Trinajstić information content (AvgIpc) is 1.57. The molecular formula is C96H115BrN12O15S2. The Labute approximate surface area is 752 Å². The Morgan fingerprint density at radius 3 is 1.90 bits per heavy atom. The summed E-state index contributed by atoms with van der Waals surface area (Å²) in [6.45, 7) is 12.9. The largest absolute Gasteiger partial charge is 1.00 e. The van der Waals surface area contributed by atoms with Crippen molar-refractivity contribution in [3.8, 4) is 5.75 Å². The van der Waals surface area contributed by atoms with Crippen LogP contribution in [0.4, 0.5) is 11.4 Å². The van der Waals surface area contributed by atoms with Gasteiger partial charge in [0.15, 0.2) is 11.8 Å². The Balaban J connectivity index is 0.0000166. The Kier molecular flexibility index (Phi) is 35.1. The minimum absolute atomic E-state index is 0. The first-order valence-electron chi connectivity index (χ1n) is 42.8. The number of fused-ring (bicyclic) bond motifs is 7. The van der Waals surface area contributed by atoms with Crippen LogP contribution in [0.15, 0.2) is 206 Å². The molecule has 8 amide bonds. The number of nitrogens with zero attached hydrogens (tertiary/aromatic N) is 2. The van der Waals surface area contributed by atoms with Gasteiger partial charge in [0.25, 0.3) is 0 Å². The van der Waals surface area contributed by atoms with Crippen molar-refractivity contribution < 1.29 is 95.0 Å². The third-order valence-corrected chi connectivity index (χ3v) is 25.6. The van der Waals surface area contributed by atoms with Gasteiger partial charge in [0.2, 0.25) is 52.9 Å². The zero-order valence-electron chi connectivity index (χ0n) is 71.7. The summed E-state index contributed by atoms with van der Waals surface area (Å²) < 4.78 is 2.36. The van der Waals surface area contributed by atoms with Crippen molar-refractivity contribution in [3.05, 3.63) is 234 Å². The summed E-state index contributed by atoms with van der Waals surface area (Å²) in [6.07, 6.45) is 17.3. The molecule has 0 spiro atoms. The van der Waals surface area contributed by atoms with Gasteiger partial charge in [-0.05, 0) is 159 Å². The lowest BCUT2D eigenvalue weighted by Gasteiger charge is -2.29. The molecule has 30 heteroatoms. The number of unbranched alkanes of at least 4 members (excludes halogenated alkanes) is 5. The third-order valence-electron chi connectivity index (χ3n) is 23.2. The molecule has 27 nitrogen and oxygen atoms in total. The van der Waals surface area contributed by atoms with Crippen molar-refractivity contribution in [1.82, 2.24) is 47.5 Å². The fourth-order valence-electron chi connectivity index (χ4n) is 16.6. The summed E-state index contributed by atoms with van der Waals surface area (Å²) in [7, 11) is 1.81. The van der Waals surface area contributed by atoms with E-state index in [-0.39, 0.29) is 85.4 Å². The fraction of sp³-hybridized carbons (Fsp3) is 0.385. The molecule has 4 heterocycles. The third kappa shape index (κ3) is 25.0. The van der Waals surface area contributed by atoms with Crippen molar-refractivity contribution >= 4 is 130 Å². The fourth-order valence-corrected chi connectivity index (χ4v) is 19.0. The maximum atomic E-state index is 15.4. The molecule has 0 bridgehead atoms. The zero-order chi connectivity index (χ0) is 89.5. The number of nitrogens with two attached hydrogens (primary N) is 1. The molecule has 0 aliphatic carbocycles. The van der Waals surface area contributed by atoms with Crippen LogP contribution in [-0.2, 0) is 78.0 Å². The SMILES string of the molecule is C[C@@H](O)[C@H](NC(=O)[C@@H]1CSSC[C@H](NC(=O)[C@@H](Cc2ccccc2)NC(=O)CCCCC[N+]2=C(/C=C/C=C/C=C/C=C3/N(CCCCCC(=O)O)c4ccc5ccccc5c4C3(C)C)C(C)(C)c3c2ccc2ccccc32)C(=O)N[C@@H](Cc2ccc(O)cc2)C(=O)N[C@H](Cc2c[nH]c3ccccc23)C(=O)N[C@@H](CCCCN)C(=O)N[C@@H]([C@@H](C)O)C(=O)N1)C(=O)O.[Br-]. The number of phenolic OH excluding ortho intramolecular Hbond substituents is 1. The number of hydrogen-bond donors (Lipinski definition) is 15. The second kappa shape index (κ2) is 45.7. The van der Waals surface area contributed by atoms with Gasteiger partial charge >= 0.3 is 11.9 Å². The van der Waals surface area contributed by atoms with E-state index in [0.29, 0.717) is 66.2 Å². The molecule has 8 aromatic rings. The molecule has 668 valence electrons. The van der Waals surface area contributed by atoms with E-state index in [2.05, 4.69) is 176 Å². The van der Waals surface area contributed by atoms with E-state index in [9.17, 15) is 54.3 Å². The molecule has 3 aliphatic rings. The molecule has 11 rings (SSSR count). The lowest BCUT2D eigenvalue weighted by molar-refractivity contribution is -0.438. The van der Waals surface area contributed by atoms with Crippen molar-refractivity contribution in [1.29, 1.82) is 0 Å². The number of allylic oxidation sites excluding steroid dienone is 8. The Morgan fingerprint density at radius 1 is 0.595 bits per heavy atom. The van der Waals surface area contributed by atoms with E-state index in [1.165, 1.54) is 58.8 Å². The maximum Gasteiger partial charge on any atom is 0.328 e. The van der Waals surface area contributed by atoms with Gasteiger partial charge in [0.1, 0.15) is 54.6 Å². The van der Waals surface area contributed by atoms with E-state index < -0.39 is 131 Å². The number of aromatic amines is 1. The molecule has 10 atom stereocenters. The molecule has 0 radical (unpaired) electrons. The number of para-hydroxylation sites is 1. The van der Waals surface area contributed by atoms with E-state index in [1.54, 1.807) is 42.6 Å². The predicted molar refractivity (Wildman–Crippen MR) is 489 cm³/mol. The van der Waals surface area contributed by atoms with Crippen LogP contribution in [0.1, 0.15) is 140 Å². The number of nitrogens with one attached hydrogen (secondary N) is 9. The Hall–Kier alpha value is -11.4. The predicted octanol–water partition coefficient (Wildman–Crippen LogP) is 7.09. The smallest absolute Gasteiger partial charge is 0.328 e. The first-order chi connectivity index (χ1) is 60.0. The normalized spacial score (nSPS) is 20.2. The number of anilines is 1. The van der Waals surface area contributed by atoms with Crippen molar-refractivity contribution in [3.63, 3.8) is 0 Å². The molecule has 126 heavy (non-hydrogen) atoms. The summed E-state index contributed by atoms with van der Waals surface area (Å²) >= 11 is 0.